The second kappa shape index (κ2) is 9.82. The third kappa shape index (κ3) is 6.40. The largest absolute Gasteiger partial charge is 0.573 e. The van der Waals surface area contributed by atoms with Gasteiger partial charge in [-0.1, -0.05) is 15.9 Å². The Hall–Kier alpha value is -0.540. The Kier molecular flexibility index (Phi) is 8.80. The molecule has 9 heteroatoms. The van der Waals surface area contributed by atoms with Crippen LogP contribution in [0.1, 0.15) is 24.4 Å². The van der Waals surface area contributed by atoms with Crippen LogP contribution >= 0.6 is 28.3 Å². The van der Waals surface area contributed by atoms with Crippen molar-refractivity contribution in [2.75, 3.05) is 32.8 Å². The Labute approximate surface area is 153 Å². The second-order valence-electron chi connectivity index (χ2n) is 5.40. The first kappa shape index (κ1) is 21.5. The van der Waals surface area contributed by atoms with Crippen molar-refractivity contribution >= 4 is 28.3 Å². The number of hydrogen-bond donors (Lipinski definition) is 2. The van der Waals surface area contributed by atoms with E-state index < -0.39 is 6.36 Å². The van der Waals surface area contributed by atoms with Gasteiger partial charge >= 0.3 is 6.36 Å². The van der Waals surface area contributed by atoms with Crippen molar-refractivity contribution in [2.24, 2.45) is 0 Å². The van der Waals surface area contributed by atoms with Gasteiger partial charge in [0.05, 0.1) is 0 Å². The highest BCUT2D eigenvalue weighted by atomic mass is 79.9. The molecular weight excluding hydrogens is 413 g/mol. The van der Waals surface area contributed by atoms with Gasteiger partial charge in [-0.3, -0.25) is 4.90 Å². The Balaban J connectivity index is 0.00000288. The fourth-order valence-electron chi connectivity index (χ4n) is 2.81. The third-order valence-corrected chi connectivity index (χ3v) is 4.28. The lowest BCUT2D eigenvalue weighted by molar-refractivity contribution is -0.275. The minimum atomic E-state index is -4.73. The van der Waals surface area contributed by atoms with Crippen molar-refractivity contribution in [3.63, 3.8) is 0 Å². The molecule has 1 aliphatic heterocycles. The molecule has 4 nitrogen and oxygen atoms in total. The van der Waals surface area contributed by atoms with E-state index >= 15 is 0 Å². The summed E-state index contributed by atoms with van der Waals surface area (Å²) in [4.78, 5) is 2.14. The van der Waals surface area contributed by atoms with Crippen LogP contribution in [0.5, 0.6) is 5.75 Å². The number of rotatable bonds is 6. The van der Waals surface area contributed by atoms with Crippen LogP contribution in [0, 0.1) is 0 Å². The molecular formula is C15H21BrClF3N2O2. The molecule has 0 spiro atoms. The van der Waals surface area contributed by atoms with Crippen LogP contribution in [0.3, 0.4) is 0 Å². The van der Waals surface area contributed by atoms with Gasteiger partial charge in [-0.15, -0.1) is 25.6 Å². The summed E-state index contributed by atoms with van der Waals surface area (Å²) in [6.45, 7) is 3.08. The maximum Gasteiger partial charge on any atom is 0.573 e. The smallest absolute Gasteiger partial charge is 0.405 e. The van der Waals surface area contributed by atoms with Gasteiger partial charge < -0.3 is 15.2 Å². The van der Waals surface area contributed by atoms with E-state index in [2.05, 4.69) is 30.9 Å². The maximum absolute atomic E-state index is 12.7. The van der Waals surface area contributed by atoms with Gasteiger partial charge in [0.25, 0.3) is 0 Å². The van der Waals surface area contributed by atoms with Crippen LogP contribution in [-0.2, 0) is 0 Å². The highest BCUT2D eigenvalue weighted by Gasteiger charge is 2.34. The molecule has 0 radical (unpaired) electrons. The standard InChI is InChI=1S/C15H20BrF3N2O2.ClH/c16-11-3-4-14(23-15(17,18)19)12(10-11)13(2-1-9-22)21-7-5-20-6-8-21;/h3-4,10,13,20,22H,1-2,5-9H2;1H/t13-;/m0./s1. The molecule has 0 saturated carbocycles. The number of aliphatic hydroxyl groups is 1. The lowest BCUT2D eigenvalue weighted by atomic mass is 9.98. The minimum Gasteiger partial charge on any atom is -0.405 e. The average molecular weight is 434 g/mol. The molecule has 1 fully saturated rings. The molecule has 1 saturated heterocycles. The number of nitrogens with zero attached hydrogens (tertiary/aromatic N) is 1. The Morgan fingerprint density at radius 3 is 2.54 bits per heavy atom. The maximum atomic E-state index is 12.7. The van der Waals surface area contributed by atoms with Crippen LogP contribution < -0.4 is 10.1 Å². The molecule has 1 aromatic carbocycles. The summed E-state index contributed by atoms with van der Waals surface area (Å²) in [7, 11) is 0. The number of alkyl halides is 3. The summed E-state index contributed by atoms with van der Waals surface area (Å²) < 4.78 is 43.0. The first-order chi connectivity index (χ1) is 10.9. The molecule has 1 heterocycles. The van der Waals surface area contributed by atoms with E-state index in [1.807, 2.05) is 0 Å². The van der Waals surface area contributed by atoms with E-state index in [1.54, 1.807) is 6.07 Å². The fourth-order valence-corrected chi connectivity index (χ4v) is 3.19. The fraction of sp³-hybridized carbons (Fsp3) is 0.600. The van der Waals surface area contributed by atoms with Gasteiger partial charge in [0.2, 0.25) is 0 Å². The van der Waals surface area contributed by atoms with E-state index in [0.717, 1.165) is 26.2 Å². The Morgan fingerprint density at radius 1 is 1.29 bits per heavy atom. The number of nitrogens with one attached hydrogen (secondary N) is 1. The van der Waals surface area contributed by atoms with Crippen LogP contribution in [0.15, 0.2) is 22.7 Å². The molecule has 24 heavy (non-hydrogen) atoms. The van der Waals surface area contributed by atoms with Gasteiger partial charge in [-0.05, 0) is 31.0 Å². The van der Waals surface area contributed by atoms with Gasteiger partial charge in [0.15, 0.2) is 0 Å². The summed E-state index contributed by atoms with van der Waals surface area (Å²) >= 11 is 3.32. The van der Waals surface area contributed by atoms with Crippen molar-refractivity contribution in [3.8, 4) is 5.75 Å². The Morgan fingerprint density at radius 2 is 1.96 bits per heavy atom. The lowest BCUT2D eigenvalue weighted by Crippen LogP contribution is -2.45. The number of halogens is 5. The van der Waals surface area contributed by atoms with Gasteiger partial charge in [-0.25, -0.2) is 0 Å². The average Bonchev–Trinajstić information content (AvgIpc) is 2.50. The van der Waals surface area contributed by atoms with Crippen molar-refractivity contribution in [2.45, 2.75) is 25.2 Å². The molecule has 0 bridgehead atoms. The number of piperazine rings is 1. The number of hydrogen-bond acceptors (Lipinski definition) is 4. The monoisotopic (exact) mass is 432 g/mol. The van der Waals surface area contributed by atoms with Crippen LogP contribution in [0.25, 0.3) is 0 Å². The first-order valence-corrected chi connectivity index (χ1v) is 8.31. The number of ether oxygens (including phenoxy) is 1. The van der Waals surface area contributed by atoms with Crippen LogP contribution in [0.4, 0.5) is 13.2 Å². The van der Waals surface area contributed by atoms with Gasteiger partial charge in [0, 0.05) is 48.9 Å². The molecule has 1 atom stereocenters. The molecule has 0 aliphatic carbocycles. The summed E-state index contributed by atoms with van der Waals surface area (Å²) in [6, 6.07) is 4.32. The summed E-state index contributed by atoms with van der Waals surface area (Å²) in [5.74, 6) is -0.179. The van der Waals surface area contributed by atoms with Crippen molar-refractivity contribution in [1.82, 2.24) is 10.2 Å². The second-order valence-corrected chi connectivity index (χ2v) is 6.31. The third-order valence-electron chi connectivity index (χ3n) is 3.78. The van der Waals surface area contributed by atoms with Crippen LogP contribution in [-0.4, -0.2) is 49.2 Å². The molecule has 0 aromatic heterocycles. The predicted octanol–water partition coefficient (Wildman–Crippen LogP) is 3.49. The van der Waals surface area contributed by atoms with E-state index in [4.69, 9.17) is 5.11 Å². The normalized spacial score (nSPS) is 17.2. The van der Waals surface area contributed by atoms with E-state index in [1.165, 1.54) is 12.1 Å². The summed E-state index contributed by atoms with van der Waals surface area (Å²) in [6.07, 6.45) is -3.64. The number of benzene rings is 1. The van der Waals surface area contributed by atoms with Crippen LogP contribution in [0.2, 0.25) is 0 Å². The Bertz CT molecular complexity index is 514. The summed E-state index contributed by atoms with van der Waals surface area (Å²) in [5, 5.41) is 12.3. The van der Waals surface area contributed by atoms with Crippen molar-refractivity contribution < 1.29 is 23.0 Å². The molecule has 1 aliphatic rings. The quantitative estimate of drug-likeness (QED) is 0.721. The number of aliphatic hydroxyl groups excluding tert-OH is 1. The molecule has 138 valence electrons. The molecule has 2 N–H and O–H groups in total. The van der Waals surface area contributed by atoms with E-state index in [9.17, 15) is 13.2 Å². The highest BCUT2D eigenvalue weighted by molar-refractivity contribution is 9.10. The van der Waals surface area contributed by atoms with Gasteiger partial charge in [-0.2, -0.15) is 0 Å². The lowest BCUT2D eigenvalue weighted by Gasteiger charge is -2.36. The minimum absolute atomic E-state index is 0. The first-order valence-electron chi connectivity index (χ1n) is 7.51. The van der Waals surface area contributed by atoms with E-state index in [-0.39, 0.29) is 30.8 Å². The molecule has 2 rings (SSSR count). The highest BCUT2D eigenvalue weighted by Crippen LogP contribution is 2.37. The SMILES string of the molecule is Cl.OCCC[C@@H](c1cc(Br)ccc1OC(F)(F)F)N1CCNCC1. The molecule has 1 aromatic rings. The zero-order valence-electron chi connectivity index (χ0n) is 13.0. The van der Waals surface area contributed by atoms with E-state index in [0.29, 0.717) is 22.9 Å². The van der Waals surface area contributed by atoms with Crippen molar-refractivity contribution in [3.05, 3.63) is 28.2 Å². The summed E-state index contributed by atoms with van der Waals surface area (Å²) in [5.41, 5.74) is 0.493. The van der Waals surface area contributed by atoms with Gasteiger partial charge in [0.1, 0.15) is 5.75 Å². The zero-order chi connectivity index (χ0) is 16.9. The topological polar surface area (TPSA) is 44.7 Å². The van der Waals surface area contributed by atoms with Crippen molar-refractivity contribution in [1.29, 1.82) is 0 Å². The predicted molar refractivity (Wildman–Crippen MR) is 91.6 cm³/mol. The molecule has 0 unspecified atom stereocenters. The zero-order valence-corrected chi connectivity index (χ0v) is 15.4. The molecule has 0 amide bonds.